The van der Waals surface area contributed by atoms with E-state index in [9.17, 15) is 15.0 Å². The van der Waals surface area contributed by atoms with E-state index < -0.39 is 17.1 Å². The van der Waals surface area contributed by atoms with Crippen molar-refractivity contribution in [2.45, 2.75) is 91.8 Å². The van der Waals surface area contributed by atoms with E-state index in [2.05, 4.69) is 26.0 Å². The van der Waals surface area contributed by atoms with Gasteiger partial charge in [-0.25, -0.2) is 0 Å². The molecule has 0 bridgehead atoms. The molecule has 33 heavy (non-hydrogen) atoms. The minimum Gasteiger partial charge on any atom is -0.507 e. The number of rotatable bonds is 6. The van der Waals surface area contributed by atoms with Crippen molar-refractivity contribution in [1.82, 2.24) is 0 Å². The molecule has 0 saturated heterocycles. The standard InChI is InChI=1S/C28H40O5/c1-18(9-10-20-15-21(32-7)14-19(2)25(20)30)13-22-17-27(5)11-8-12-28(27,6)23(29)16-24(33-22)26(3,4)31/h9,14-15,17,24,30-31H,8,10-13,16H2,1-7H3. The van der Waals surface area contributed by atoms with Gasteiger partial charge in [0.15, 0.2) is 0 Å². The highest BCUT2D eigenvalue weighted by Crippen LogP contribution is 2.56. The van der Waals surface area contributed by atoms with Gasteiger partial charge in [0.05, 0.1) is 18.5 Å². The summed E-state index contributed by atoms with van der Waals surface area (Å²) in [6.07, 6.45) is 7.88. The normalized spacial score (nSPS) is 28.5. The van der Waals surface area contributed by atoms with Gasteiger partial charge in [0.1, 0.15) is 23.4 Å². The van der Waals surface area contributed by atoms with E-state index in [1.165, 1.54) is 0 Å². The van der Waals surface area contributed by atoms with E-state index in [0.29, 0.717) is 12.8 Å². The predicted octanol–water partition coefficient (Wildman–Crippen LogP) is 5.80. The Hall–Kier alpha value is -2.27. The summed E-state index contributed by atoms with van der Waals surface area (Å²) >= 11 is 0. The van der Waals surface area contributed by atoms with Crippen LogP contribution in [-0.2, 0) is 16.0 Å². The number of methoxy groups -OCH3 is 1. The van der Waals surface area contributed by atoms with Gasteiger partial charge in [-0.3, -0.25) is 4.79 Å². The first-order chi connectivity index (χ1) is 15.3. The molecule has 0 radical (unpaired) electrons. The summed E-state index contributed by atoms with van der Waals surface area (Å²) in [6.45, 7) is 11.6. The van der Waals surface area contributed by atoms with Crippen LogP contribution in [0.5, 0.6) is 11.5 Å². The molecule has 182 valence electrons. The molecule has 2 aliphatic rings. The fourth-order valence-electron chi connectivity index (χ4n) is 5.28. The van der Waals surface area contributed by atoms with E-state index in [4.69, 9.17) is 9.47 Å². The van der Waals surface area contributed by atoms with Gasteiger partial charge in [0.25, 0.3) is 0 Å². The van der Waals surface area contributed by atoms with Crippen molar-refractivity contribution in [1.29, 1.82) is 0 Å². The number of allylic oxidation sites excluding steroid dienone is 3. The number of aromatic hydroxyl groups is 1. The average molecular weight is 457 g/mol. The largest absolute Gasteiger partial charge is 0.507 e. The zero-order chi connectivity index (χ0) is 24.6. The van der Waals surface area contributed by atoms with E-state index in [0.717, 1.165) is 47.5 Å². The minimum atomic E-state index is -1.13. The summed E-state index contributed by atoms with van der Waals surface area (Å²) < 4.78 is 11.7. The zero-order valence-corrected chi connectivity index (χ0v) is 21.2. The van der Waals surface area contributed by atoms with Crippen LogP contribution in [0.25, 0.3) is 0 Å². The molecule has 3 rings (SSSR count). The van der Waals surface area contributed by atoms with Gasteiger partial charge >= 0.3 is 0 Å². The van der Waals surface area contributed by atoms with Crippen LogP contribution in [0.4, 0.5) is 0 Å². The number of phenols is 1. The van der Waals surface area contributed by atoms with Crippen LogP contribution in [-0.4, -0.2) is 34.8 Å². The van der Waals surface area contributed by atoms with Gasteiger partial charge in [-0.15, -0.1) is 0 Å². The van der Waals surface area contributed by atoms with Gasteiger partial charge < -0.3 is 19.7 Å². The molecule has 1 aromatic rings. The Morgan fingerprint density at radius 3 is 2.64 bits per heavy atom. The minimum absolute atomic E-state index is 0.182. The monoisotopic (exact) mass is 456 g/mol. The third kappa shape index (κ3) is 5.13. The Bertz CT molecular complexity index is 967. The lowest BCUT2D eigenvalue weighted by molar-refractivity contribution is -0.141. The van der Waals surface area contributed by atoms with Crippen LogP contribution in [0.3, 0.4) is 0 Å². The molecule has 2 N–H and O–H groups in total. The van der Waals surface area contributed by atoms with Gasteiger partial charge in [0.2, 0.25) is 0 Å². The molecular weight excluding hydrogens is 416 g/mol. The molecule has 0 aromatic heterocycles. The van der Waals surface area contributed by atoms with Crippen LogP contribution in [0, 0.1) is 17.8 Å². The number of ether oxygens (including phenoxy) is 2. The lowest BCUT2D eigenvalue weighted by atomic mass is 9.63. The summed E-state index contributed by atoms with van der Waals surface area (Å²) in [7, 11) is 1.62. The van der Waals surface area contributed by atoms with Crippen LogP contribution >= 0.6 is 0 Å². The average Bonchev–Trinajstić information content (AvgIpc) is 3.01. The predicted molar refractivity (Wildman–Crippen MR) is 130 cm³/mol. The highest BCUT2D eigenvalue weighted by molar-refractivity contribution is 5.86. The zero-order valence-electron chi connectivity index (χ0n) is 21.2. The second-order valence-corrected chi connectivity index (χ2v) is 11.0. The van der Waals surface area contributed by atoms with Crippen molar-refractivity contribution >= 4 is 5.78 Å². The Balaban J connectivity index is 1.90. The number of benzene rings is 1. The van der Waals surface area contributed by atoms with Crippen molar-refractivity contribution < 1.29 is 24.5 Å². The molecule has 1 aromatic carbocycles. The number of carbonyl (C=O) groups excluding carboxylic acids is 1. The van der Waals surface area contributed by atoms with Crippen molar-refractivity contribution in [2.75, 3.05) is 7.11 Å². The number of ketones is 1. The second kappa shape index (κ2) is 9.17. The van der Waals surface area contributed by atoms with Gasteiger partial charge in [-0.05, 0) is 70.7 Å². The Morgan fingerprint density at radius 1 is 1.30 bits per heavy atom. The van der Waals surface area contributed by atoms with Crippen molar-refractivity contribution in [2.24, 2.45) is 10.8 Å². The van der Waals surface area contributed by atoms with E-state index >= 15 is 0 Å². The van der Waals surface area contributed by atoms with E-state index in [1.807, 2.05) is 26.0 Å². The number of aryl methyl sites for hydroxylation is 1. The van der Waals surface area contributed by atoms with Gasteiger partial charge in [-0.1, -0.05) is 31.9 Å². The first kappa shape index (κ1) is 25.4. The molecule has 1 heterocycles. The summed E-state index contributed by atoms with van der Waals surface area (Å²) in [4.78, 5) is 13.3. The number of hydrogen-bond acceptors (Lipinski definition) is 5. The molecule has 0 amide bonds. The molecule has 3 atom stereocenters. The number of fused-ring (bicyclic) bond motifs is 1. The molecule has 0 spiro atoms. The van der Waals surface area contributed by atoms with Crippen molar-refractivity contribution in [3.8, 4) is 11.5 Å². The number of aliphatic hydroxyl groups is 1. The molecule has 1 aliphatic heterocycles. The van der Waals surface area contributed by atoms with Gasteiger partial charge in [0, 0.05) is 29.2 Å². The van der Waals surface area contributed by atoms with Crippen LogP contribution in [0.2, 0.25) is 0 Å². The van der Waals surface area contributed by atoms with Crippen molar-refractivity contribution in [3.63, 3.8) is 0 Å². The first-order valence-electron chi connectivity index (χ1n) is 12.0. The molecule has 1 aliphatic carbocycles. The maximum absolute atomic E-state index is 13.3. The number of phenolic OH excluding ortho intramolecular Hbond substituents is 1. The molecule has 3 unspecified atom stereocenters. The molecule has 1 fully saturated rings. The summed E-state index contributed by atoms with van der Waals surface area (Å²) in [5.41, 5.74) is 0.880. The molecule has 1 saturated carbocycles. The van der Waals surface area contributed by atoms with Crippen LogP contribution < -0.4 is 4.74 Å². The lowest BCUT2D eigenvalue weighted by Gasteiger charge is -2.43. The Labute approximate surface area is 198 Å². The SMILES string of the molecule is COc1cc(C)c(O)c(CC=C(C)CC2=CC3(C)CCCC3(C)C(=O)CC(C(C)(C)O)O2)c1. The summed E-state index contributed by atoms with van der Waals surface area (Å²) in [5.74, 6) is 2.01. The second-order valence-electron chi connectivity index (χ2n) is 11.0. The third-order valence-corrected chi connectivity index (χ3v) is 7.89. The summed E-state index contributed by atoms with van der Waals surface area (Å²) in [5, 5.41) is 21.2. The fraction of sp³-hybridized carbons (Fsp3) is 0.607. The highest BCUT2D eigenvalue weighted by atomic mass is 16.5. The van der Waals surface area contributed by atoms with Gasteiger partial charge in [-0.2, -0.15) is 0 Å². The maximum atomic E-state index is 13.3. The topological polar surface area (TPSA) is 76.0 Å². The number of Topliss-reactive ketones (excluding diaryl/α,β-unsaturated/α-hetero) is 1. The van der Waals surface area contributed by atoms with Crippen LogP contribution in [0.15, 0.2) is 35.6 Å². The number of hydrogen-bond donors (Lipinski definition) is 2. The smallest absolute Gasteiger partial charge is 0.143 e. The quantitative estimate of drug-likeness (QED) is 0.529. The third-order valence-electron chi connectivity index (χ3n) is 7.89. The first-order valence-corrected chi connectivity index (χ1v) is 12.0. The molecular formula is C28H40O5. The Morgan fingerprint density at radius 2 is 2.00 bits per heavy atom. The lowest BCUT2D eigenvalue weighted by Crippen LogP contribution is -2.47. The highest BCUT2D eigenvalue weighted by Gasteiger charge is 2.54. The fourth-order valence-corrected chi connectivity index (χ4v) is 5.28. The Kier molecular flexibility index (Phi) is 7.05. The number of carbonyl (C=O) groups is 1. The molecule has 5 nitrogen and oxygen atoms in total. The van der Waals surface area contributed by atoms with Crippen LogP contribution in [0.1, 0.15) is 77.8 Å². The van der Waals surface area contributed by atoms with E-state index in [-0.39, 0.29) is 23.4 Å². The van der Waals surface area contributed by atoms with Crippen molar-refractivity contribution in [3.05, 3.63) is 46.7 Å². The molecule has 5 heteroatoms. The maximum Gasteiger partial charge on any atom is 0.143 e. The summed E-state index contributed by atoms with van der Waals surface area (Å²) in [6, 6.07) is 3.68. The van der Waals surface area contributed by atoms with E-state index in [1.54, 1.807) is 21.0 Å².